The molecule has 1 aliphatic rings. The Hall–Kier alpha value is -2.15. The van der Waals surface area contributed by atoms with Gasteiger partial charge >= 0.3 is 6.18 Å². The molecule has 7 heteroatoms. The maximum absolute atomic E-state index is 12.9. The Morgan fingerprint density at radius 1 is 1.04 bits per heavy atom. The largest absolute Gasteiger partial charge is 0.416 e. The molecule has 144 valence electrons. The Bertz CT molecular complexity index is 802. The van der Waals surface area contributed by atoms with Gasteiger partial charge in [0.05, 0.1) is 11.3 Å². The van der Waals surface area contributed by atoms with Gasteiger partial charge in [-0.1, -0.05) is 24.3 Å². The standard InChI is InChI=1S/C20H21F3N2OS/c1-15-5-2-3-8-18(15)27-14-19(26)25-11-9-24(10-12-25)17-7-4-6-16(13-17)20(21,22)23/h2-8,13H,9-12,14H2,1H3. The summed E-state index contributed by atoms with van der Waals surface area (Å²) in [4.78, 5) is 17.2. The first kappa shape index (κ1) is 19.6. The summed E-state index contributed by atoms with van der Waals surface area (Å²) in [6.45, 7) is 4.11. The molecule has 1 fully saturated rings. The number of aryl methyl sites for hydroxylation is 1. The van der Waals surface area contributed by atoms with Crippen molar-refractivity contribution < 1.29 is 18.0 Å². The van der Waals surface area contributed by atoms with Crippen molar-refractivity contribution in [2.24, 2.45) is 0 Å². The number of anilines is 1. The molecule has 0 bridgehead atoms. The Morgan fingerprint density at radius 2 is 1.74 bits per heavy atom. The SMILES string of the molecule is Cc1ccccc1SCC(=O)N1CCN(c2cccc(C(F)(F)F)c2)CC1. The fraction of sp³-hybridized carbons (Fsp3) is 0.350. The molecule has 1 amide bonds. The molecule has 0 spiro atoms. The summed E-state index contributed by atoms with van der Waals surface area (Å²) in [6, 6.07) is 13.3. The van der Waals surface area contributed by atoms with Crippen LogP contribution in [0.3, 0.4) is 0 Å². The molecule has 1 aliphatic heterocycles. The molecule has 27 heavy (non-hydrogen) atoms. The van der Waals surface area contributed by atoms with Crippen molar-refractivity contribution in [3.05, 3.63) is 59.7 Å². The van der Waals surface area contributed by atoms with Crippen molar-refractivity contribution in [1.29, 1.82) is 0 Å². The van der Waals surface area contributed by atoms with E-state index in [-0.39, 0.29) is 5.91 Å². The van der Waals surface area contributed by atoms with E-state index in [1.54, 1.807) is 11.0 Å². The van der Waals surface area contributed by atoms with Gasteiger partial charge in [0.2, 0.25) is 5.91 Å². The van der Waals surface area contributed by atoms with Gasteiger partial charge in [0, 0.05) is 36.8 Å². The van der Waals surface area contributed by atoms with E-state index in [2.05, 4.69) is 0 Å². The van der Waals surface area contributed by atoms with Gasteiger partial charge in [-0.25, -0.2) is 0 Å². The minimum absolute atomic E-state index is 0.0620. The number of hydrogen-bond donors (Lipinski definition) is 0. The molecule has 0 N–H and O–H groups in total. The summed E-state index contributed by atoms with van der Waals surface area (Å²) in [5, 5.41) is 0. The van der Waals surface area contributed by atoms with Gasteiger partial charge in [-0.3, -0.25) is 4.79 Å². The summed E-state index contributed by atoms with van der Waals surface area (Å²) < 4.78 is 38.6. The Morgan fingerprint density at radius 3 is 2.41 bits per heavy atom. The van der Waals surface area contributed by atoms with Gasteiger partial charge in [-0.2, -0.15) is 13.2 Å². The topological polar surface area (TPSA) is 23.6 Å². The van der Waals surface area contributed by atoms with Crippen LogP contribution in [-0.4, -0.2) is 42.7 Å². The number of thioether (sulfide) groups is 1. The minimum Gasteiger partial charge on any atom is -0.368 e. The summed E-state index contributed by atoms with van der Waals surface area (Å²) in [5.74, 6) is 0.431. The summed E-state index contributed by atoms with van der Waals surface area (Å²) in [6.07, 6.45) is -4.35. The molecule has 0 radical (unpaired) electrons. The van der Waals surface area contributed by atoms with E-state index in [0.717, 1.165) is 16.5 Å². The van der Waals surface area contributed by atoms with Crippen LogP contribution in [0.1, 0.15) is 11.1 Å². The van der Waals surface area contributed by atoms with Gasteiger partial charge in [0.15, 0.2) is 0 Å². The highest BCUT2D eigenvalue weighted by atomic mass is 32.2. The molecule has 0 unspecified atom stereocenters. The average Bonchev–Trinajstić information content (AvgIpc) is 2.67. The lowest BCUT2D eigenvalue weighted by Crippen LogP contribution is -2.49. The lowest BCUT2D eigenvalue weighted by molar-refractivity contribution is -0.137. The molecule has 1 saturated heterocycles. The van der Waals surface area contributed by atoms with E-state index in [0.29, 0.717) is 37.6 Å². The summed E-state index contributed by atoms with van der Waals surface area (Å²) >= 11 is 1.52. The molecule has 2 aromatic rings. The number of carbonyl (C=O) groups excluding carboxylic acids is 1. The number of amides is 1. The van der Waals surface area contributed by atoms with Gasteiger partial charge in [0.1, 0.15) is 0 Å². The summed E-state index contributed by atoms with van der Waals surface area (Å²) in [5.41, 5.74) is 1.05. The monoisotopic (exact) mass is 394 g/mol. The second-order valence-electron chi connectivity index (χ2n) is 6.47. The lowest BCUT2D eigenvalue weighted by Gasteiger charge is -2.36. The highest BCUT2D eigenvalue weighted by Crippen LogP contribution is 2.32. The van der Waals surface area contributed by atoms with Crippen molar-refractivity contribution in [1.82, 2.24) is 4.90 Å². The van der Waals surface area contributed by atoms with Crippen LogP contribution >= 0.6 is 11.8 Å². The molecular weight excluding hydrogens is 373 g/mol. The predicted molar refractivity (Wildman–Crippen MR) is 102 cm³/mol. The number of alkyl halides is 3. The molecule has 0 aliphatic carbocycles. The Kier molecular flexibility index (Phi) is 5.99. The molecule has 3 rings (SSSR count). The first-order valence-corrected chi connectivity index (χ1v) is 9.71. The van der Waals surface area contributed by atoms with E-state index in [1.165, 1.54) is 23.9 Å². The fourth-order valence-electron chi connectivity index (χ4n) is 3.04. The number of piperazine rings is 1. The molecule has 0 aromatic heterocycles. The fourth-order valence-corrected chi connectivity index (χ4v) is 3.97. The van der Waals surface area contributed by atoms with Crippen LogP contribution in [0.25, 0.3) is 0 Å². The van der Waals surface area contributed by atoms with Crippen LogP contribution < -0.4 is 4.90 Å². The Labute approximate surface area is 161 Å². The zero-order valence-corrected chi connectivity index (χ0v) is 15.8. The molecule has 0 atom stereocenters. The predicted octanol–water partition coefficient (Wildman–Crippen LogP) is 4.45. The van der Waals surface area contributed by atoms with Crippen LogP contribution in [0.15, 0.2) is 53.4 Å². The average molecular weight is 394 g/mol. The molecule has 1 heterocycles. The van der Waals surface area contributed by atoms with E-state index in [1.807, 2.05) is 36.1 Å². The van der Waals surface area contributed by atoms with Crippen LogP contribution in [-0.2, 0) is 11.0 Å². The highest BCUT2D eigenvalue weighted by molar-refractivity contribution is 8.00. The Balaban J connectivity index is 1.54. The second-order valence-corrected chi connectivity index (χ2v) is 7.49. The number of halogens is 3. The van der Waals surface area contributed by atoms with Crippen LogP contribution in [0.5, 0.6) is 0 Å². The minimum atomic E-state index is -4.35. The van der Waals surface area contributed by atoms with Crippen molar-refractivity contribution in [2.45, 2.75) is 18.0 Å². The van der Waals surface area contributed by atoms with Gasteiger partial charge < -0.3 is 9.80 Å². The van der Waals surface area contributed by atoms with Gasteiger partial charge in [-0.15, -0.1) is 11.8 Å². The maximum Gasteiger partial charge on any atom is 0.416 e. The second kappa shape index (κ2) is 8.25. The number of hydrogen-bond acceptors (Lipinski definition) is 3. The van der Waals surface area contributed by atoms with E-state index in [9.17, 15) is 18.0 Å². The zero-order valence-electron chi connectivity index (χ0n) is 15.0. The zero-order chi connectivity index (χ0) is 19.4. The van der Waals surface area contributed by atoms with Gasteiger partial charge in [0.25, 0.3) is 0 Å². The highest BCUT2D eigenvalue weighted by Gasteiger charge is 2.31. The number of carbonyl (C=O) groups is 1. The van der Waals surface area contributed by atoms with E-state index in [4.69, 9.17) is 0 Å². The molecule has 3 nitrogen and oxygen atoms in total. The first-order valence-electron chi connectivity index (χ1n) is 8.73. The number of rotatable bonds is 4. The van der Waals surface area contributed by atoms with Crippen molar-refractivity contribution in [3.8, 4) is 0 Å². The number of benzene rings is 2. The van der Waals surface area contributed by atoms with Gasteiger partial charge in [-0.05, 0) is 36.8 Å². The van der Waals surface area contributed by atoms with Crippen molar-refractivity contribution in [2.75, 3.05) is 36.8 Å². The van der Waals surface area contributed by atoms with Crippen LogP contribution in [0.2, 0.25) is 0 Å². The summed E-state index contributed by atoms with van der Waals surface area (Å²) in [7, 11) is 0. The third kappa shape index (κ3) is 4.97. The van der Waals surface area contributed by atoms with Crippen LogP contribution in [0, 0.1) is 6.92 Å². The van der Waals surface area contributed by atoms with Crippen molar-refractivity contribution in [3.63, 3.8) is 0 Å². The molecular formula is C20H21F3N2OS. The normalized spacial score (nSPS) is 15.1. The van der Waals surface area contributed by atoms with Crippen LogP contribution in [0.4, 0.5) is 18.9 Å². The third-order valence-corrected chi connectivity index (χ3v) is 5.78. The maximum atomic E-state index is 12.9. The van der Waals surface area contributed by atoms with E-state index >= 15 is 0 Å². The first-order chi connectivity index (χ1) is 12.8. The smallest absolute Gasteiger partial charge is 0.368 e. The number of nitrogens with zero attached hydrogens (tertiary/aromatic N) is 2. The van der Waals surface area contributed by atoms with Crippen molar-refractivity contribution >= 4 is 23.4 Å². The third-order valence-electron chi connectivity index (χ3n) is 4.62. The lowest BCUT2D eigenvalue weighted by atomic mass is 10.1. The molecule has 0 saturated carbocycles. The quantitative estimate of drug-likeness (QED) is 0.716. The van der Waals surface area contributed by atoms with E-state index < -0.39 is 11.7 Å². The molecule has 2 aromatic carbocycles.